The number of carbonyl (C=O) groups excluding carboxylic acids is 3. The van der Waals surface area contributed by atoms with Crippen molar-refractivity contribution in [3.63, 3.8) is 0 Å². The number of aryl methyl sites for hydroxylation is 1. The lowest BCUT2D eigenvalue weighted by Gasteiger charge is -2.21. The fraction of sp³-hybridized carbons (Fsp3) is 0.211. The van der Waals surface area contributed by atoms with Gasteiger partial charge in [0.15, 0.2) is 0 Å². The highest BCUT2D eigenvalue weighted by Crippen LogP contribution is 2.22. The molecule has 2 aromatic rings. The van der Waals surface area contributed by atoms with Crippen molar-refractivity contribution in [2.75, 3.05) is 22.1 Å². The van der Waals surface area contributed by atoms with Gasteiger partial charge >= 0.3 is 0 Å². The highest BCUT2D eigenvalue weighted by molar-refractivity contribution is 6.31. The van der Waals surface area contributed by atoms with Crippen molar-refractivity contribution in [1.29, 1.82) is 0 Å². The smallest absolute Gasteiger partial charge is 0.244 e. The van der Waals surface area contributed by atoms with E-state index in [1.165, 1.54) is 18.7 Å². The Morgan fingerprint density at radius 2 is 1.77 bits per heavy atom. The standard InChI is InChI=1S/C19H20ClN3O3/c1-12-7-8-15(20)9-18(12)22-19(26)11-23(14(3)25)17-6-4-5-16(10-17)21-13(2)24/h4-10H,11H2,1-3H3,(H,21,24)(H,22,26). The minimum atomic E-state index is -0.351. The van der Waals surface area contributed by atoms with E-state index in [1.54, 1.807) is 42.5 Å². The first-order chi connectivity index (χ1) is 12.3. The van der Waals surface area contributed by atoms with Crippen LogP contribution in [0, 0.1) is 6.92 Å². The van der Waals surface area contributed by atoms with Crippen molar-refractivity contribution in [2.24, 2.45) is 0 Å². The average molecular weight is 374 g/mol. The summed E-state index contributed by atoms with van der Waals surface area (Å²) < 4.78 is 0. The molecule has 2 aromatic carbocycles. The molecule has 7 heteroatoms. The van der Waals surface area contributed by atoms with Gasteiger partial charge in [0.2, 0.25) is 17.7 Å². The van der Waals surface area contributed by atoms with E-state index in [0.29, 0.717) is 22.1 Å². The van der Waals surface area contributed by atoms with Crippen molar-refractivity contribution < 1.29 is 14.4 Å². The van der Waals surface area contributed by atoms with Gasteiger partial charge in [-0.3, -0.25) is 14.4 Å². The van der Waals surface area contributed by atoms with E-state index in [2.05, 4.69) is 10.6 Å². The molecule has 136 valence electrons. The number of nitrogens with one attached hydrogen (secondary N) is 2. The Bertz CT molecular complexity index is 852. The van der Waals surface area contributed by atoms with Gasteiger partial charge in [0.05, 0.1) is 0 Å². The summed E-state index contributed by atoms with van der Waals surface area (Å²) in [6.07, 6.45) is 0. The Morgan fingerprint density at radius 1 is 1.04 bits per heavy atom. The van der Waals surface area contributed by atoms with E-state index in [1.807, 2.05) is 6.92 Å². The summed E-state index contributed by atoms with van der Waals surface area (Å²) in [5.41, 5.74) is 2.52. The maximum atomic E-state index is 12.4. The van der Waals surface area contributed by atoms with Gasteiger partial charge in [-0.25, -0.2) is 0 Å². The van der Waals surface area contributed by atoms with Crippen LogP contribution in [-0.4, -0.2) is 24.3 Å². The van der Waals surface area contributed by atoms with E-state index in [4.69, 9.17) is 11.6 Å². The molecule has 3 amide bonds. The molecule has 0 aliphatic heterocycles. The van der Waals surface area contributed by atoms with Gasteiger partial charge in [-0.1, -0.05) is 23.7 Å². The van der Waals surface area contributed by atoms with Gasteiger partial charge in [0, 0.05) is 35.9 Å². The van der Waals surface area contributed by atoms with E-state index in [9.17, 15) is 14.4 Å². The van der Waals surface area contributed by atoms with E-state index >= 15 is 0 Å². The van der Waals surface area contributed by atoms with E-state index < -0.39 is 0 Å². The summed E-state index contributed by atoms with van der Waals surface area (Å²) >= 11 is 5.96. The van der Waals surface area contributed by atoms with Crippen LogP contribution in [0.15, 0.2) is 42.5 Å². The third-order valence-electron chi connectivity index (χ3n) is 3.63. The summed E-state index contributed by atoms with van der Waals surface area (Å²) in [6.45, 7) is 4.47. The van der Waals surface area contributed by atoms with Crippen molar-refractivity contribution in [3.8, 4) is 0 Å². The third-order valence-corrected chi connectivity index (χ3v) is 3.87. The minimum absolute atomic E-state index is 0.162. The molecule has 0 aliphatic rings. The lowest BCUT2D eigenvalue weighted by Crippen LogP contribution is -2.36. The van der Waals surface area contributed by atoms with Gasteiger partial charge in [0.25, 0.3) is 0 Å². The molecule has 26 heavy (non-hydrogen) atoms. The molecule has 0 unspecified atom stereocenters. The Labute approximate surface area is 157 Å². The number of hydrogen-bond acceptors (Lipinski definition) is 3. The first-order valence-electron chi connectivity index (χ1n) is 7.98. The highest BCUT2D eigenvalue weighted by atomic mass is 35.5. The molecule has 0 radical (unpaired) electrons. The van der Waals surface area contributed by atoms with Crippen LogP contribution >= 0.6 is 11.6 Å². The first kappa shape index (κ1) is 19.5. The van der Waals surface area contributed by atoms with Crippen LogP contribution < -0.4 is 15.5 Å². The summed E-state index contributed by atoms with van der Waals surface area (Å²) in [5.74, 6) is -0.857. The van der Waals surface area contributed by atoms with Gasteiger partial charge in [-0.05, 0) is 42.8 Å². The lowest BCUT2D eigenvalue weighted by atomic mass is 10.2. The number of anilines is 3. The summed E-state index contributed by atoms with van der Waals surface area (Å²) in [5, 5.41) is 5.93. The molecule has 0 bridgehead atoms. The largest absolute Gasteiger partial charge is 0.326 e. The zero-order valence-corrected chi connectivity index (χ0v) is 15.6. The predicted molar refractivity (Wildman–Crippen MR) is 104 cm³/mol. The number of halogens is 1. The molecule has 2 N–H and O–H groups in total. The van der Waals surface area contributed by atoms with Crippen LogP contribution in [0.4, 0.5) is 17.1 Å². The van der Waals surface area contributed by atoms with Gasteiger partial charge in [-0.15, -0.1) is 0 Å². The number of nitrogens with zero attached hydrogens (tertiary/aromatic N) is 1. The Kier molecular flexibility index (Phi) is 6.36. The topological polar surface area (TPSA) is 78.5 Å². The van der Waals surface area contributed by atoms with Crippen molar-refractivity contribution in [2.45, 2.75) is 20.8 Å². The zero-order chi connectivity index (χ0) is 19.3. The average Bonchev–Trinajstić information content (AvgIpc) is 2.55. The molecule has 2 rings (SSSR count). The number of carbonyl (C=O) groups is 3. The quantitative estimate of drug-likeness (QED) is 0.840. The number of hydrogen-bond donors (Lipinski definition) is 2. The van der Waals surface area contributed by atoms with E-state index in [0.717, 1.165) is 5.56 Å². The molecular weight excluding hydrogens is 354 g/mol. The van der Waals surface area contributed by atoms with Crippen LogP contribution in [0.25, 0.3) is 0 Å². The van der Waals surface area contributed by atoms with Crippen molar-refractivity contribution in [3.05, 3.63) is 53.1 Å². The Morgan fingerprint density at radius 3 is 2.42 bits per heavy atom. The van der Waals surface area contributed by atoms with E-state index in [-0.39, 0.29) is 24.3 Å². The molecule has 0 saturated heterocycles. The fourth-order valence-corrected chi connectivity index (χ4v) is 2.57. The maximum Gasteiger partial charge on any atom is 0.244 e. The minimum Gasteiger partial charge on any atom is -0.326 e. The second-order valence-electron chi connectivity index (χ2n) is 5.84. The maximum absolute atomic E-state index is 12.4. The number of benzene rings is 2. The van der Waals surface area contributed by atoms with Gasteiger partial charge in [0.1, 0.15) is 6.54 Å². The van der Waals surface area contributed by atoms with Crippen molar-refractivity contribution >= 4 is 46.4 Å². The summed E-state index contributed by atoms with van der Waals surface area (Å²) in [6, 6.07) is 11.9. The molecule has 6 nitrogen and oxygen atoms in total. The predicted octanol–water partition coefficient (Wildman–Crippen LogP) is 3.60. The second kappa shape index (κ2) is 8.49. The second-order valence-corrected chi connectivity index (χ2v) is 6.28. The monoisotopic (exact) mass is 373 g/mol. The highest BCUT2D eigenvalue weighted by Gasteiger charge is 2.17. The number of rotatable bonds is 5. The van der Waals surface area contributed by atoms with Crippen LogP contribution in [0.5, 0.6) is 0 Å². The van der Waals surface area contributed by atoms with Gasteiger partial charge < -0.3 is 15.5 Å². The SMILES string of the molecule is CC(=O)Nc1cccc(N(CC(=O)Nc2cc(Cl)ccc2C)C(C)=O)c1. The summed E-state index contributed by atoms with van der Waals surface area (Å²) in [4.78, 5) is 37.0. The molecule has 0 aromatic heterocycles. The van der Waals surface area contributed by atoms with Crippen LogP contribution in [0.2, 0.25) is 5.02 Å². The molecule has 0 saturated carbocycles. The Hall–Kier alpha value is -2.86. The molecule has 0 aliphatic carbocycles. The van der Waals surface area contributed by atoms with Crippen LogP contribution in [0.3, 0.4) is 0 Å². The summed E-state index contributed by atoms with van der Waals surface area (Å²) in [7, 11) is 0. The molecule has 0 atom stereocenters. The van der Waals surface area contributed by atoms with Crippen LogP contribution in [-0.2, 0) is 14.4 Å². The number of amides is 3. The molecule has 0 heterocycles. The zero-order valence-electron chi connectivity index (χ0n) is 14.8. The van der Waals surface area contributed by atoms with Gasteiger partial charge in [-0.2, -0.15) is 0 Å². The molecular formula is C19H20ClN3O3. The first-order valence-corrected chi connectivity index (χ1v) is 8.36. The third kappa shape index (κ3) is 5.32. The Balaban J connectivity index is 2.17. The normalized spacial score (nSPS) is 10.2. The fourth-order valence-electron chi connectivity index (χ4n) is 2.40. The molecule has 0 spiro atoms. The van der Waals surface area contributed by atoms with Crippen molar-refractivity contribution in [1.82, 2.24) is 0 Å². The lowest BCUT2D eigenvalue weighted by molar-refractivity contribution is -0.120. The molecule has 0 fully saturated rings. The van der Waals surface area contributed by atoms with Crippen LogP contribution in [0.1, 0.15) is 19.4 Å².